The maximum Gasteiger partial charge on any atom is 0.0205 e. The number of halogens is 1. The molecule has 1 N–H and O–H groups in total. The van der Waals surface area contributed by atoms with Crippen LogP contribution in [-0.2, 0) is 6.54 Å². The highest BCUT2D eigenvalue weighted by Crippen LogP contribution is 2.06. The number of rotatable bonds is 7. The molecule has 0 unspecified atom stereocenters. The molecule has 0 atom stereocenters. The quantitative estimate of drug-likeness (QED) is 0.467. The van der Waals surface area contributed by atoms with Crippen LogP contribution in [-0.4, -0.2) is 18.1 Å². The minimum atomic E-state index is 0.964. The van der Waals surface area contributed by atoms with Crippen molar-refractivity contribution in [1.82, 2.24) is 5.32 Å². The largest absolute Gasteiger partial charge is 0.312 e. The first-order valence-corrected chi connectivity index (χ1v) is 7.20. The molecule has 3 heteroatoms. The zero-order valence-corrected chi connectivity index (χ0v) is 11.7. The van der Waals surface area contributed by atoms with E-state index in [1.165, 1.54) is 9.13 Å². The summed E-state index contributed by atoms with van der Waals surface area (Å²) in [4.78, 5) is 0. The second kappa shape index (κ2) is 8.19. The fourth-order valence-electron chi connectivity index (χ4n) is 1.15. The van der Waals surface area contributed by atoms with Crippen molar-refractivity contribution in [3.05, 3.63) is 46.1 Å². The third-order valence-electron chi connectivity index (χ3n) is 1.90. The van der Waals surface area contributed by atoms with Gasteiger partial charge in [0.2, 0.25) is 0 Å². The van der Waals surface area contributed by atoms with Gasteiger partial charge in [0.25, 0.3) is 0 Å². The van der Waals surface area contributed by atoms with Crippen LogP contribution in [0.25, 0.3) is 0 Å². The van der Waals surface area contributed by atoms with Gasteiger partial charge < -0.3 is 5.32 Å². The molecule has 1 aromatic carbocycles. The van der Waals surface area contributed by atoms with Crippen LogP contribution in [0.3, 0.4) is 0 Å². The molecule has 0 spiro atoms. The van der Waals surface area contributed by atoms with Gasteiger partial charge in [-0.3, -0.25) is 0 Å². The van der Waals surface area contributed by atoms with E-state index >= 15 is 0 Å². The van der Waals surface area contributed by atoms with E-state index in [9.17, 15) is 0 Å². The van der Waals surface area contributed by atoms with Crippen molar-refractivity contribution in [1.29, 1.82) is 0 Å². The van der Waals surface area contributed by atoms with Crippen molar-refractivity contribution >= 4 is 34.4 Å². The number of hydrogen-bond donors (Lipinski definition) is 1. The number of benzene rings is 1. The topological polar surface area (TPSA) is 12.0 Å². The molecule has 0 saturated carbocycles. The van der Waals surface area contributed by atoms with E-state index in [2.05, 4.69) is 58.8 Å². The van der Waals surface area contributed by atoms with E-state index in [1.807, 2.05) is 17.8 Å². The molecular formula is C12H16INS. The highest BCUT2D eigenvalue weighted by molar-refractivity contribution is 14.1. The normalized spacial score (nSPS) is 10.2. The van der Waals surface area contributed by atoms with Gasteiger partial charge in [-0.15, -0.1) is 6.58 Å². The Labute approximate surface area is 110 Å². The van der Waals surface area contributed by atoms with Gasteiger partial charge in [0, 0.05) is 28.2 Å². The number of nitrogens with one attached hydrogen (secondary N) is 1. The Morgan fingerprint density at radius 3 is 2.73 bits per heavy atom. The summed E-state index contributed by atoms with van der Waals surface area (Å²) in [5, 5.41) is 3.42. The lowest BCUT2D eigenvalue weighted by Gasteiger charge is -2.04. The average Bonchev–Trinajstić information content (AvgIpc) is 2.26. The minimum Gasteiger partial charge on any atom is -0.312 e. The van der Waals surface area contributed by atoms with Gasteiger partial charge >= 0.3 is 0 Å². The van der Waals surface area contributed by atoms with Gasteiger partial charge in [-0.05, 0) is 40.3 Å². The highest BCUT2D eigenvalue weighted by atomic mass is 127. The molecule has 0 aromatic heterocycles. The predicted octanol–water partition coefficient (Wildman–Crippen LogP) is 3.30. The van der Waals surface area contributed by atoms with E-state index in [1.54, 1.807) is 0 Å². The first-order valence-electron chi connectivity index (χ1n) is 4.96. The summed E-state index contributed by atoms with van der Waals surface area (Å²) in [6, 6.07) is 8.63. The standard InChI is InChI=1S/C12H16INS/c1-2-8-15-9-7-14-10-11-3-5-12(13)6-4-11/h2-6,14H,1,7-10H2. The monoisotopic (exact) mass is 333 g/mol. The molecule has 0 heterocycles. The molecule has 0 aliphatic carbocycles. The lowest BCUT2D eigenvalue weighted by molar-refractivity contribution is 0.732. The van der Waals surface area contributed by atoms with Crippen LogP contribution in [0.4, 0.5) is 0 Å². The van der Waals surface area contributed by atoms with Crippen LogP contribution in [0.15, 0.2) is 36.9 Å². The third kappa shape index (κ3) is 6.22. The molecule has 15 heavy (non-hydrogen) atoms. The zero-order valence-electron chi connectivity index (χ0n) is 8.71. The fraction of sp³-hybridized carbons (Fsp3) is 0.333. The van der Waals surface area contributed by atoms with Gasteiger partial charge in [0.05, 0.1) is 0 Å². The summed E-state index contributed by atoms with van der Waals surface area (Å²) in [6.45, 7) is 5.72. The predicted molar refractivity (Wildman–Crippen MR) is 78.4 cm³/mol. The highest BCUT2D eigenvalue weighted by Gasteiger charge is 1.92. The van der Waals surface area contributed by atoms with Crippen LogP contribution in [0, 0.1) is 3.57 Å². The summed E-state index contributed by atoms with van der Waals surface area (Å²) >= 11 is 4.23. The van der Waals surface area contributed by atoms with Crippen molar-refractivity contribution in [3.63, 3.8) is 0 Å². The van der Waals surface area contributed by atoms with Gasteiger partial charge in [-0.2, -0.15) is 11.8 Å². The summed E-state index contributed by atoms with van der Waals surface area (Å²) in [7, 11) is 0. The SMILES string of the molecule is C=CCSCCNCc1ccc(I)cc1. The van der Waals surface area contributed by atoms with Crippen LogP contribution < -0.4 is 5.32 Å². The molecule has 1 rings (SSSR count). The Bertz CT molecular complexity index is 284. The lowest BCUT2D eigenvalue weighted by atomic mass is 10.2. The van der Waals surface area contributed by atoms with Crippen molar-refractivity contribution < 1.29 is 0 Å². The Kier molecular flexibility index (Phi) is 7.13. The van der Waals surface area contributed by atoms with Crippen molar-refractivity contribution in [3.8, 4) is 0 Å². The second-order valence-electron chi connectivity index (χ2n) is 3.17. The first-order chi connectivity index (χ1) is 7.33. The summed E-state index contributed by atoms with van der Waals surface area (Å²) in [6.07, 6.45) is 1.95. The third-order valence-corrected chi connectivity index (χ3v) is 3.58. The van der Waals surface area contributed by atoms with Crippen molar-refractivity contribution in [2.75, 3.05) is 18.1 Å². The Morgan fingerprint density at radius 1 is 1.33 bits per heavy atom. The van der Waals surface area contributed by atoms with E-state index in [4.69, 9.17) is 0 Å². The molecule has 0 saturated heterocycles. The summed E-state index contributed by atoms with van der Waals surface area (Å²) < 4.78 is 1.29. The maximum absolute atomic E-state index is 3.69. The van der Waals surface area contributed by atoms with E-state index in [0.717, 1.165) is 24.6 Å². The van der Waals surface area contributed by atoms with Gasteiger partial charge in [0.15, 0.2) is 0 Å². The molecule has 0 bridgehead atoms. The van der Waals surface area contributed by atoms with Crippen molar-refractivity contribution in [2.45, 2.75) is 6.54 Å². The lowest BCUT2D eigenvalue weighted by Crippen LogP contribution is -2.16. The van der Waals surface area contributed by atoms with E-state index < -0.39 is 0 Å². The molecule has 1 aromatic rings. The molecule has 0 radical (unpaired) electrons. The smallest absolute Gasteiger partial charge is 0.0205 e. The molecular weight excluding hydrogens is 317 g/mol. The fourth-order valence-corrected chi connectivity index (χ4v) is 2.13. The molecule has 82 valence electrons. The Morgan fingerprint density at radius 2 is 2.07 bits per heavy atom. The van der Waals surface area contributed by atoms with Crippen molar-refractivity contribution in [2.24, 2.45) is 0 Å². The average molecular weight is 333 g/mol. The Balaban J connectivity index is 2.09. The van der Waals surface area contributed by atoms with Crippen LogP contribution in [0.1, 0.15) is 5.56 Å². The van der Waals surface area contributed by atoms with Crippen LogP contribution in [0.5, 0.6) is 0 Å². The summed E-state index contributed by atoms with van der Waals surface area (Å²) in [5.74, 6) is 2.20. The molecule has 0 aliphatic rings. The van der Waals surface area contributed by atoms with Gasteiger partial charge in [0.1, 0.15) is 0 Å². The van der Waals surface area contributed by atoms with Gasteiger partial charge in [-0.25, -0.2) is 0 Å². The minimum absolute atomic E-state index is 0.964. The van der Waals surface area contributed by atoms with Gasteiger partial charge in [-0.1, -0.05) is 18.2 Å². The summed E-state index contributed by atoms with van der Waals surface area (Å²) in [5.41, 5.74) is 1.35. The molecule has 0 fully saturated rings. The van der Waals surface area contributed by atoms with Crippen LogP contribution in [0.2, 0.25) is 0 Å². The zero-order chi connectivity index (χ0) is 10.9. The van der Waals surface area contributed by atoms with E-state index in [0.29, 0.717) is 0 Å². The first kappa shape index (κ1) is 13.1. The molecule has 1 nitrogen and oxygen atoms in total. The maximum atomic E-state index is 3.69. The molecule has 0 amide bonds. The van der Waals surface area contributed by atoms with Crippen LogP contribution >= 0.6 is 34.4 Å². The van der Waals surface area contributed by atoms with E-state index in [-0.39, 0.29) is 0 Å². The number of hydrogen-bond acceptors (Lipinski definition) is 2. The second-order valence-corrected chi connectivity index (χ2v) is 5.56. The molecule has 0 aliphatic heterocycles. The Hall–Kier alpha value is -0.000000000000000111. The number of thioether (sulfide) groups is 1.